The molecule has 0 unspecified atom stereocenters. The fraction of sp³-hybridized carbons (Fsp3) is 0.318. The van der Waals surface area contributed by atoms with Gasteiger partial charge in [0.15, 0.2) is 0 Å². The van der Waals surface area contributed by atoms with Crippen LogP contribution in [0.1, 0.15) is 24.8 Å². The van der Waals surface area contributed by atoms with Crippen LogP contribution >= 0.6 is 0 Å². The van der Waals surface area contributed by atoms with Gasteiger partial charge in [-0.2, -0.15) is 18.3 Å². The number of hydrogen-bond acceptors (Lipinski definition) is 5. The highest BCUT2D eigenvalue weighted by molar-refractivity contribution is 5.97. The van der Waals surface area contributed by atoms with E-state index in [1.165, 1.54) is 0 Å². The number of benzene rings is 1. The van der Waals surface area contributed by atoms with Crippen molar-refractivity contribution in [3.05, 3.63) is 48.5 Å². The summed E-state index contributed by atoms with van der Waals surface area (Å²) in [4.78, 5) is 11.4. The number of nitrogens with one attached hydrogen (secondary N) is 4. The Balaban J connectivity index is 1.55. The summed E-state index contributed by atoms with van der Waals surface area (Å²) in [7, 11) is 0. The lowest BCUT2D eigenvalue weighted by Crippen LogP contribution is -2.31. The van der Waals surface area contributed by atoms with Gasteiger partial charge >= 0.3 is 6.18 Å². The SMILES string of the molecule is FC(F)(F)c1cnc(N[C@H]2CCCCNC2)nc1-c1c[nH]c2cc(-c3cn[nH]c3)ccc12. The second-order valence-electron chi connectivity index (χ2n) is 7.94. The Kier molecular flexibility index (Phi) is 5.30. The molecule has 0 amide bonds. The average Bonchev–Trinajstić information content (AvgIpc) is 3.38. The Morgan fingerprint density at radius 2 is 1.97 bits per heavy atom. The molecule has 4 aromatic rings. The quantitative estimate of drug-likeness (QED) is 0.372. The summed E-state index contributed by atoms with van der Waals surface area (Å²) in [6.45, 7) is 1.66. The molecule has 1 fully saturated rings. The lowest BCUT2D eigenvalue weighted by Gasteiger charge is -2.18. The van der Waals surface area contributed by atoms with Crippen molar-refractivity contribution in [1.29, 1.82) is 0 Å². The predicted molar refractivity (Wildman–Crippen MR) is 116 cm³/mol. The molecule has 0 saturated carbocycles. The van der Waals surface area contributed by atoms with E-state index in [4.69, 9.17) is 0 Å². The molecule has 1 aliphatic rings. The minimum atomic E-state index is -4.57. The minimum absolute atomic E-state index is 0.0718. The molecule has 1 aliphatic heterocycles. The molecule has 0 spiro atoms. The van der Waals surface area contributed by atoms with E-state index < -0.39 is 11.7 Å². The maximum absolute atomic E-state index is 13.8. The van der Waals surface area contributed by atoms with Gasteiger partial charge in [-0.3, -0.25) is 5.10 Å². The van der Waals surface area contributed by atoms with Gasteiger partial charge in [0, 0.05) is 53.2 Å². The van der Waals surface area contributed by atoms with Crippen molar-refractivity contribution in [2.75, 3.05) is 18.4 Å². The Morgan fingerprint density at radius 3 is 2.78 bits per heavy atom. The third-order valence-electron chi connectivity index (χ3n) is 5.74. The second kappa shape index (κ2) is 8.27. The largest absolute Gasteiger partial charge is 0.419 e. The van der Waals surface area contributed by atoms with Crippen LogP contribution in [0.3, 0.4) is 0 Å². The molecular weight excluding hydrogens is 419 g/mol. The zero-order valence-corrected chi connectivity index (χ0v) is 17.1. The maximum atomic E-state index is 13.8. The van der Waals surface area contributed by atoms with E-state index in [0.717, 1.165) is 49.7 Å². The van der Waals surface area contributed by atoms with E-state index in [2.05, 4.69) is 35.8 Å². The monoisotopic (exact) mass is 441 g/mol. The van der Waals surface area contributed by atoms with E-state index in [-0.39, 0.29) is 17.7 Å². The fourth-order valence-corrected chi connectivity index (χ4v) is 4.10. The van der Waals surface area contributed by atoms with Crippen LogP contribution in [0.25, 0.3) is 33.3 Å². The number of aromatic nitrogens is 5. The smallest absolute Gasteiger partial charge is 0.360 e. The third-order valence-corrected chi connectivity index (χ3v) is 5.74. The van der Waals surface area contributed by atoms with E-state index in [1.54, 1.807) is 24.7 Å². The molecule has 1 aromatic carbocycles. The first-order valence-electron chi connectivity index (χ1n) is 10.5. The van der Waals surface area contributed by atoms with Crippen molar-refractivity contribution in [2.24, 2.45) is 0 Å². The van der Waals surface area contributed by atoms with Gasteiger partial charge in [0.25, 0.3) is 0 Å². The molecule has 10 heteroatoms. The van der Waals surface area contributed by atoms with Crippen molar-refractivity contribution in [3.63, 3.8) is 0 Å². The molecule has 7 nitrogen and oxygen atoms in total. The summed E-state index contributed by atoms with van der Waals surface area (Å²) in [5.41, 5.74) is 1.90. The summed E-state index contributed by atoms with van der Waals surface area (Å²) >= 11 is 0. The van der Waals surface area contributed by atoms with Crippen LogP contribution in [0.2, 0.25) is 0 Å². The molecule has 166 valence electrons. The summed E-state index contributed by atoms with van der Waals surface area (Å²) in [6, 6.07) is 5.61. The number of alkyl halides is 3. The van der Waals surface area contributed by atoms with E-state index in [0.29, 0.717) is 16.5 Å². The molecule has 32 heavy (non-hydrogen) atoms. The first-order valence-corrected chi connectivity index (χ1v) is 10.5. The highest BCUT2D eigenvalue weighted by Crippen LogP contribution is 2.39. The number of rotatable bonds is 4. The second-order valence-corrected chi connectivity index (χ2v) is 7.94. The number of fused-ring (bicyclic) bond motifs is 1. The van der Waals surface area contributed by atoms with Crippen LogP contribution in [-0.4, -0.2) is 44.3 Å². The average molecular weight is 441 g/mol. The van der Waals surface area contributed by atoms with Crippen LogP contribution < -0.4 is 10.6 Å². The molecule has 5 rings (SSSR count). The minimum Gasteiger partial charge on any atom is -0.360 e. The van der Waals surface area contributed by atoms with Crippen molar-refractivity contribution < 1.29 is 13.2 Å². The molecule has 3 aromatic heterocycles. The first-order chi connectivity index (χ1) is 15.5. The standard InChI is InChI=1S/C22H22F3N7/c23-22(24,25)18-12-28-21(31-15-3-1-2-6-26-10-15)32-20(18)17-11-27-19-7-13(4-5-16(17)19)14-8-29-30-9-14/h4-5,7-9,11-12,15,26-27H,1-3,6,10H2,(H,29,30)(H,28,31,32)/t15-/m0/s1. The van der Waals surface area contributed by atoms with Gasteiger partial charge in [0.2, 0.25) is 5.95 Å². The summed E-state index contributed by atoms with van der Waals surface area (Å²) in [5, 5.41) is 13.9. The highest BCUT2D eigenvalue weighted by Gasteiger charge is 2.36. The summed E-state index contributed by atoms with van der Waals surface area (Å²) < 4.78 is 41.4. The molecule has 0 bridgehead atoms. The molecule has 0 radical (unpaired) electrons. The number of H-pyrrole nitrogens is 2. The number of halogens is 3. The number of anilines is 1. The lowest BCUT2D eigenvalue weighted by molar-refractivity contribution is -0.137. The summed E-state index contributed by atoms with van der Waals surface area (Å²) in [5.74, 6) is 0.200. The highest BCUT2D eigenvalue weighted by atomic mass is 19.4. The van der Waals surface area contributed by atoms with Crippen molar-refractivity contribution in [1.82, 2.24) is 30.5 Å². The van der Waals surface area contributed by atoms with E-state index >= 15 is 0 Å². The molecule has 1 atom stereocenters. The Labute approximate surface area is 181 Å². The maximum Gasteiger partial charge on any atom is 0.419 e. The van der Waals surface area contributed by atoms with Crippen LogP contribution in [0.15, 0.2) is 43.0 Å². The normalized spacial score (nSPS) is 17.4. The van der Waals surface area contributed by atoms with Gasteiger partial charge in [0.05, 0.1) is 11.9 Å². The number of nitrogens with zero attached hydrogens (tertiary/aromatic N) is 3. The lowest BCUT2D eigenvalue weighted by atomic mass is 10.0. The Bertz CT molecular complexity index is 1210. The van der Waals surface area contributed by atoms with Gasteiger partial charge in [0.1, 0.15) is 5.56 Å². The van der Waals surface area contributed by atoms with Gasteiger partial charge in [-0.25, -0.2) is 9.97 Å². The summed E-state index contributed by atoms with van der Waals surface area (Å²) in [6.07, 6.45) is 4.35. The zero-order valence-electron chi connectivity index (χ0n) is 17.1. The van der Waals surface area contributed by atoms with Crippen molar-refractivity contribution in [2.45, 2.75) is 31.5 Å². The van der Waals surface area contributed by atoms with Crippen LogP contribution in [0.5, 0.6) is 0 Å². The van der Waals surface area contributed by atoms with E-state index in [9.17, 15) is 13.2 Å². The molecule has 4 N–H and O–H groups in total. The fourth-order valence-electron chi connectivity index (χ4n) is 4.10. The molecular formula is C22H22F3N7. The van der Waals surface area contributed by atoms with Gasteiger partial charge in [-0.1, -0.05) is 18.6 Å². The molecule has 4 heterocycles. The van der Waals surface area contributed by atoms with Crippen LogP contribution in [0.4, 0.5) is 19.1 Å². The van der Waals surface area contributed by atoms with E-state index in [1.807, 2.05) is 12.1 Å². The first kappa shape index (κ1) is 20.5. The zero-order chi connectivity index (χ0) is 22.1. The van der Waals surface area contributed by atoms with Crippen molar-refractivity contribution >= 4 is 16.9 Å². The molecule has 0 aliphatic carbocycles. The Hall–Kier alpha value is -3.40. The number of hydrogen-bond donors (Lipinski definition) is 4. The van der Waals surface area contributed by atoms with Gasteiger partial charge in [-0.15, -0.1) is 0 Å². The third kappa shape index (κ3) is 4.05. The topological polar surface area (TPSA) is 94.3 Å². The predicted octanol–water partition coefficient (Wildman–Crippen LogP) is 4.59. The van der Waals surface area contributed by atoms with Gasteiger partial charge < -0.3 is 15.6 Å². The Morgan fingerprint density at radius 1 is 1.06 bits per heavy atom. The molecule has 1 saturated heterocycles. The number of aromatic amines is 2. The van der Waals surface area contributed by atoms with Gasteiger partial charge in [-0.05, 0) is 31.0 Å². The van der Waals surface area contributed by atoms with Crippen molar-refractivity contribution in [3.8, 4) is 22.4 Å². The van der Waals surface area contributed by atoms with Crippen LogP contribution in [0, 0.1) is 0 Å². The van der Waals surface area contributed by atoms with Crippen LogP contribution in [-0.2, 0) is 6.18 Å².